The van der Waals surface area contributed by atoms with Gasteiger partial charge >= 0.3 is 6.18 Å². The Bertz CT molecular complexity index is 416. The summed E-state index contributed by atoms with van der Waals surface area (Å²) in [5, 5.41) is 0. The summed E-state index contributed by atoms with van der Waals surface area (Å²) in [6.45, 7) is 0.544. The van der Waals surface area contributed by atoms with Crippen molar-refractivity contribution in [2.45, 2.75) is 18.8 Å². The molecule has 0 aliphatic carbocycles. The highest BCUT2D eigenvalue weighted by Gasteiger charge is 2.32. The minimum absolute atomic E-state index is 0.0390. The van der Waals surface area contributed by atoms with Gasteiger partial charge in [-0.1, -0.05) is 0 Å². The highest BCUT2D eigenvalue weighted by molar-refractivity contribution is 5.59. The average molecular weight is 248 g/mol. The van der Waals surface area contributed by atoms with Crippen molar-refractivity contribution in [1.29, 1.82) is 0 Å². The lowest BCUT2D eigenvalue weighted by molar-refractivity contribution is -0.137. The quantitative estimate of drug-likeness (QED) is 0.611. The van der Waals surface area contributed by atoms with Crippen LogP contribution in [0.1, 0.15) is 12.0 Å². The van der Waals surface area contributed by atoms with E-state index in [2.05, 4.69) is 0 Å². The van der Waals surface area contributed by atoms with Gasteiger partial charge in [0.1, 0.15) is 6.17 Å². The Balaban J connectivity index is 2.32. The molecule has 1 atom stereocenters. The van der Waals surface area contributed by atoms with Gasteiger partial charge in [-0.3, -0.25) is 0 Å². The molecular weight excluding hydrogens is 236 g/mol. The number of hydrogen-bond donors (Lipinski definition) is 1. The molecule has 94 valence electrons. The molecule has 0 spiro atoms. The molecular formula is C11H12F4N2. The van der Waals surface area contributed by atoms with Crippen molar-refractivity contribution in [2.75, 3.05) is 23.7 Å². The summed E-state index contributed by atoms with van der Waals surface area (Å²) >= 11 is 0. The van der Waals surface area contributed by atoms with Crippen LogP contribution in [-0.4, -0.2) is 19.3 Å². The fourth-order valence-corrected chi connectivity index (χ4v) is 1.93. The zero-order valence-corrected chi connectivity index (χ0v) is 8.97. The number of anilines is 2. The van der Waals surface area contributed by atoms with Crippen LogP contribution in [0.3, 0.4) is 0 Å². The van der Waals surface area contributed by atoms with Gasteiger partial charge in [0.05, 0.1) is 5.56 Å². The molecule has 1 saturated heterocycles. The molecule has 0 amide bonds. The van der Waals surface area contributed by atoms with E-state index in [4.69, 9.17) is 5.73 Å². The molecule has 0 radical (unpaired) electrons. The maximum absolute atomic E-state index is 13.0. The third kappa shape index (κ3) is 2.62. The molecule has 0 bridgehead atoms. The van der Waals surface area contributed by atoms with Gasteiger partial charge in [0.15, 0.2) is 0 Å². The van der Waals surface area contributed by atoms with E-state index in [0.717, 1.165) is 12.1 Å². The highest BCUT2D eigenvalue weighted by atomic mass is 19.4. The summed E-state index contributed by atoms with van der Waals surface area (Å²) < 4.78 is 50.7. The minimum atomic E-state index is -4.43. The Morgan fingerprint density at radius 3 is 2.47 bits per heavy atom. The SMILES string of the molecule is Nc1cc(N2CC[C@H](F)C2)cc(C(F)(F)F)c1. The van der Waals surface area contributed by atoms with E-state index in [1.807, 2.05) is 0 Å². The van der Waals surface area contributed by atoms with Crippen molar-refractivity contribution in [3.05, 3.63) is 23.8 Å². The van der Waals surface area contributed by atoms with Crippen LogP contribution in [0.15, 0.2) is 18.2 Å². The Kier molecular flexibility index (Phi) is 2.89. The van der Waals surface area contributed by atoms with E-state index in [1.54, 1.807) is 4.90 Å². The largest absolute Gasteiger partial charge is 0.416 e. The molecule has 1 aliphatic heterocycles. The van der Waals surface area contributed by atoms with Crippen LogP contribution >= 0.6 is 0 Å². The predicted octanol–water partition coefficient (Wildman–Crippen LogP) is 2.84. The molecule has 1 aliphatic rings. The number of benzene rings is 1. The first-order valence-electron chi connectivity index (χ1n) is 5.23. The Morgan fingerprint density at radius 2 is 1.94 bits per heavy atom. The van der Waals surface area contributed by atoms with Crippen LogP contribution in [0.2, 0.25) is 0 Å². The molecule has 0 aromatic heterocycles. The first-order chi connectivity index (χ1) is 7.86. The zero-order chi connectivity index (χ0) is 12.6. The molecule has 1 aromatic rings. The molecule has 1 heterocycles. The molecule has 1 fully saturated rings. The second-order valence-corrected chi connectivity index (χ2v) is 4.14. The van der Waals surface area contributed by atoms with E-state index in [-0.39, 0.29) is 12.2 Å². The third-order valence-electron chi connectivity index (χ3n) is 2.76. The summed E-state index contributed by atoms with van der Waals surface area (Å²) in [6, 6.07) is 3.33. The number of nitrogens with two attached hydrogens (primary N) is 1. The fourth-order valence-electron chi connectivity index (χ4n) is 1.93. The molecule has 2 N–H and O–H groups in total. The van der Waals surface area contributed by atoms with Gasteiger partial charge in [-0.2, -0.15) is 13.2 Å². The van der Waals surface area contributed by atoms with Gasteiger partial charge in [-0.25, -0.2) is 4.39 Å². The standard InChI is InChI=1S/C11H12F4N2/c12-8-1-2-17(6-8)10-4-7(11(13,14)15)3-9(16)5-10/h3-5,8H,1-2,6,16H2/t8-/m0/s1. The maximum Gasteiger partial charge on any atom is 0.416 e. The third-order valence-corrected chi connectivity index (χ3v) is 2.76. The van der Waals surface area contributed by atoms with Crippen molar-refractivity contribution in [2.24, 2.45) is 0 Å². The molecule has 1 aromatic carbocycles. The van der Waals surface area contributed by atoms with Gasteiger partial charge in [0.2, 0.25) is 0 Å². The fraction of sp³-hybridized carbons (Fsp3) is 0.455. The molecule has 6 heteroatoms. The zero-order valence-electron chi connectivity index (χ0n) is 8.97. The number of hydrogen-bond acceptors (Lipinski definition) is 2. The van der Waals surface area contributed by atoms with Gasteiger partial charge in [-0.05, 0) is 24.6 Å². The summed E-state index contributed by atoms with van der Waals surface area (Å²) in [4.78, 5) is 1.58. The lowest BCUT2D eigenvalue weighted by Gasteiger charge is -2.19. The Hall–Kier alpha value is -1.46. The second-order valence-electron chi connectivity index (χ2n) is 4.14. The van der Waals surface area contributed by atoms with Crippen LogP contribution in [0, 0.1) is 0 Å². The minimum Gasteiger partial charge on any atom is -0.399 e. The first-order valence-corrected chi connectivity index (χ1v) is 5.23. The maximum atomic E-state index is 13.0. The van der Waals surface area contributed by atoms with Crippen LogP contribution in [0.5, 0.6) is 0 Å². The van der Waals surface area contributed by atoms with Crippen LogP contribution in [0.4, 0.5) is 28.9 Å². The lowest BCUT2D eigenvalue weighted by atomic mass is 10.1. The van der Waals surface area contributed by atoms with Crippen molar-refractivity contribution in [3.8, 4) is 0 Å². The Labute approximate surface area is 96.0 Å². The molecule has 17 heavy (non-hydrogen) atoms. The van der Waals surface area contributed by atoms with E-state index >= 15 is 0 Å². The predicted molar refractivity (Wildman–Crippen MR) is 57.6 cm³/mol. The second kappa shape index (κ2) is 4.09. The van der Waals surface area contributed by atoms with Gasteiger partial charge in [0.25, 0.3) is 0 Å². The summed E-state index contributed by atoms with van der Waals surface area (Å²) in [5.74, 6) is 0. The topological polar surface area (TPSA) is 29.3 Å². The van der Waals surface area contributed by atoms with Crippen molar-refractivity contribution in [1.82, 2.24) is 0 Å². The van der Waals surface area contributed by atoms with Crippen LogP contribution in [0.25, 0.3) is 0 Å². The molecule has 0 unspecified atom stereocenters. The normalized spacial score (nSPS) is 20.9. The summed E-state index contributed by atoms with van der Waals surface area (Å²) in [6.07, 6.45) is -5.07. The van der Waals surface area contributed by atoms with Gasteiger partial charge in [-0.15, -0.1) is 0 Å². The number of alkyl halides is 4. The van der Waals surface area contributed by atoms with Crippen molar-refractivity contribution in [3.63, 3.8) is 0 Å². The number of halogens is 4. The first kappa shape index (κ1) is 12.0. The van der Waals surface area contributed by atoms with Gasteiger partial charge in [0, 0.05) is 24.5 Å². The smallest absolute Gasteiger partial charge is 0.399 e. The van der Waals surface area contributed by atoms with E-state index in [9.17, 15) is 17.6 Å². The van der Waals surface area contributed by atoms with Crippen molar-refractivity contribution < 1.29 is 17.6 Å². The molecule has 2 nitrogen and oxygen atoms in total. The van der Waals surface area contributed by atoms with E-state index < -0.39 is 17.9 Å². The number of rotatable bonds is 1. The van der Waals surface area contributed by atoms with Gasteiger partial charge < -0.3 is 10.6 Å². The highest BCUT2D eigenvalue weighted by Crippen LogP contribution is 2.34. The lowest BCUT2D eigenvalue weighted by Crippen LogP contribution is -2.20. The molecule has 2 rings (SSSR count). The summed E-state index contributed by atoms with van der Waals surface area (Å²) in [7, 11) is 0. The monoisotopic (exact) mass is 248 g/mol. The van der Waals surface area contributed by atoms with Crippen LogP contribution in [-0.2, 0) is 6.18 Å². The van der Waals surface area contributed by atoms with E-state index in [0.29, 0.717) is 18.7 Å². The van der Waals surface area contributed by atoms with Crippen molar-refractivity contribution >= 4 is 11.4 Å². The number of nitrogens with zero attached hydrogens (tertiary/aromatic N) is 1. The Morgan fingerprint density at radius 1 is 1.24 bits per heavy atom. The molecule has 0 saturated carbocycles. The number of nitrogen functional groups attached to an aromatic ring is 1. The van der Waals surface area contributed by atoms with Crippen LogP contribution < -0.4 is 10.6 Å². The van der Waals surface area contributed by atoms with E-state index in [1.165, 1.54) is 6.07 Å². The summed E-state index contributed by atoms with van der Waals surface area (Å²) in [5.41, 5.74) is 5.01. The average Bonchev–Trinajstić information content (AvgIpc) is 2.62.